The summed E-state index contributed by atoms with van der Waals surface area (Å²) in [4.78, 5) is 5.15. The van der Waals surface area contributed by atoms with Gasteiger partial charge in [-0.1, -0.05) is 6.42 Å². The number of piperidine rings is 1. The van der Waals surface area contributed by atoms with Gasteiger partial charge in [-0.3, -0.25) is 9.80 Å². The number of nitrogens with zero attached hydrogens (tertiary/aromatic N) is 3. The van der Waals surface area contributed by atoms with Gasteiger partial charge in [-0.25, -0.2) is 0 Å². The predicted octanol–water partition coefficient (Wildman–Crippen LogP) is 1.46. The molecule has 2 aliphatic heterocycles. The van der Waals surface area contributed by atoms with Crippen LogP contribution in [-0.4, -0.2) is 48.1 Å². The average Bonchev–Trinajstić information content (AvgIpc) is 2.26. The molecule has 15 heavy (non-hydrogen) atoms. The molecule has 0 aliphatic carbocycles. The van der Waals surface area contributed by atoms with Crippen LogP contribution in [0.3, 0.4) is 0 Å². The maximum Gasteiger partial charge on any atom is 0.0635 e. The van der Waals surface area contributed by atoms with Gasteiger partial charge >= 0.3 is 0 Å². The molecule has 0 saturated carbocycles. The molecule has 0 bridgehead atoms. The first kappa shape index (κ1) is 10.9. The highest BCUT2D eigenvalue weighted by Gasteiger charge is 2.32. The van der Waals surface area contributed by atoms with Crippen LogP contribution in [0.15, 0.2) is 0 Å². The zero-order valence-electron chi connectivity index (χ0n) is 9.65. The van der Waals surface area contributed by atoms with Crippen molar-refractivity contribution in [1.82, 2.24) is 9.80 Å². The summed E-state index contributed by atoms with van der Waals surface area (Å²) in [5, 5.41) is 8.63. The Hall–Kier alpha value is -0.590. The second-order valence-electron chi connectivity index (χ2n) is 4.90. The smallest absolute Gasteiger partial charge is 0.0635 e. The highest BCUT2D eigenvalue weighted by atomic mass is 15.3. The molecule has 2 unspecified atom stereocenters. The molecule has 3 nitrogen and oxygen atoms in total. The molecule has 2 fully saturated rings. The van der Waals surface area contributed by atoms with E-state index in [2.05, 4.69) is 22.8 Å². The lowest BCUT2D eigenvalue weighted by Gasteiger charge is -2.47. The second kappa shape index (κ2) is 4.96. The van der Waals surface area contributed by atoms with Crippen molar-refractivity contribution >= 4 is 0 Å². The average molecular weight is 207 g/mol. The van der Waals surface area contributed by atoms with E-state index in [-0.39, 0.29) is 0 Å². The zero-order chi connectivity index (χ0) is 10.7. The van der Waals surface area contributed by atoms with Crippen molar-refractivity contribution in [2.75, 3.05) is 26.2 Å². The number of hydrogen-bond acceptors (Lipinski definition) is 3. The van der Waals surface area contributed by atoms with Gasteiger partial charge in [-0.15, -0.1) is 0 Å². The lowest BCUT2D eigenvalue weighted by molar-refractivity contribution is 0.0165. The monoisotopic (exact) mass is 207 g/mol. The summed E-state index contributed by atoms with van der Waals surface area (Å²) in [5.74, 6) is 0. The Bertz CT molecular complexity index is 246. The summed E-state index contributed by atoms with van der Waals surface area (Å²) in [6.45, 7) is 6.93. The Morgan fingerprint density at radius 2 is 2.20 bits per heavy atom. The summed E-state index contributed by atoms with van der Waals surface area (Å²) in [6, 6.07) is 3.66. The Kier molecular flexibility index (Phi) is 3.61. The van der Waals surface area contributed by atoms with Crippen LogP contribution in [0.2, 0.25) is 0 Å². The maximum absolute atomic E-state index is 8.63. The van der Waals surface area contributed by atoms with Crippen LogP contribution in [0.4, 0.5) is 0 Å². The van der Waals surface area contributed by atoms with E-state index < -0.39 is 0 Å². The fourth-order valence-corrected chi connectivity index (χ4v) is 2.92. The zero-order valence-corrected chi connectivity index (χ0v) is 9.65. The summed E-state index contributed by atoms with van der Waals surface area (Å²) in [7, 11) is 0. The quantitative estimate of drug-likeness (QED) is 0.686. The molecule has 0 aromatic carbocycles. The molecule has 0 aromatic heterocycles. The van der Waals surface area contributed by atoms with Gasteiger partial charge in [-0.05, 0) is 26.3 Å². The highest BCUT2D eigenvalue weighted by molar-refractivity contribution is 4.90. The van der Waals surface area contributed by atoms with Crippen LogP contribution >= 0.6 is 0 Å². The first-order valence-electron chi connectivity index (χ1n) is 6.16. The van der Waals surface area contributed by atoms with Crippen molar-refractivity contribution in [3.63, 3.8) is 0 Å². The van der Waals surface area contributed by atoms with E-state index in [9.17, 15) is 0 Å². The molecule has 0 N–H and O–H groups in total. The molecule has 3 heteroatoms. The van der Waals surface area contributed by atoms with Gasteiger partial charge in [0.1, 0.15) is 0 Å². The van der Waals surface area contributed by atoms with Gasteiger partial charge in [0.05, 0.1) is 6.07 Å². The molecule has 84 valence electrons. The number of hydrogen-bond donors (Lipinski definition) is 0. The van der Waals surface area contributed by atoms with Crippen LogP contribution in [-0.2, 0) is 0 Å². The van der Waals surface area contributed by atoms with Crippen molar-refractivity contribution in [2.24, 2.45) is 0 Å². The molecular weight excluding hydrogens is 186 g/mol. The fraction of sp³-hybridized carbons (Fsp3) is 0.917. The van der Waals surface area contributed by atoms with Crippen LogP contribution < -0.4 is 0 Å². The van der Waals surface area contributed by atoms with Crippen molar-refractivity contribution in [3.05, 3.63) is 0 Å². The molecule has 0 aromatic rings. The predicted molar refractivity (Wildman–Crippen MR) is 60.5 cm³/mol. The summed E-state index contributed by atoms with van der Waals surface area (Å²) < 4.78 is 0. The van der Waals surface area contributed by atoms with Crippen molar-refractivity contribution < 1.29 is 0 Å². The Morgan fingerprint density at radius 1 is 1.33 bits per heavy atom. The molecular formula is C12H21N3. The number of piperazine rings is 1. The van der Waals surface area contributed by atoms with Crippen molar-refractivity contribution in [2.45, 2.75) is 44.7 Å². The molecule has 0 radical (unpaired) electrons. The summed E-state index contributed by atoms with van der Waals surface area (Å²) >= 11 is 0. The van der Waals surface area contributed by atoms with E-state index in [1.54, 1.807) is 0 Å². The lowest BCUT2D eigenvalue weighted by Crippen LogP contribution is -2.58. The minimum absolute atomic E-state index is 0.632. The Labute approximate surface area is 92.7 Å². The molecule has 0 spiro atoms. The second-order valence-corrected chi connectivity index (χ2v) is 4.90. The Morgan fingerprint density at radius 3 is 3.00 bits per heavy atom. The van der Waals surface area contributed by atoms with Crippen LogP contribution in [0.5, 0.6) is 0 Å². The molecule has 0 amide bonds. The van der Waals surface area contributed by atoms with Crippen molar-refractivity contribution in [3.8, 4) is 6.07 Å². The van der Waals surface area contributed by atoms with Crippen LogP contribution in [0.25, 0.3) is 0 Å². The third kappa shape index (κ3) is 2.50. The van der Waals surface area contributed by atoms with E-state index in [0.29, 0.717) is 12.5 Å². The molecule has 2 aliphatic rings. The van der Waals surface area contributed by atoms with Gasteiger partial charge in [0.2, 0.25) is 0 Å². The SMILES string of the molecule is CC1CN2CCCCC2CN1CCC#N. The topological polar surface area (TPSA) is 30.3 Å². The lowest BCUT2D eigenvalue weighted by atomic mass is 9.97. The minimum atomic E-state index is 0.632. The van der Waals surface area contributed by atoms with Crippen molar-refractivity contribution in [1.29, 1.82) is 5.26 Å². The largest absolute Gasteiger partial charge is 0.298 e. The highest BCUT2D eigenvalue weighted by Crippen LogP contribution is 2.23. The van der Waals surface area contributed by atoms with Gasteiger partial charge < -0.3 is 0 Å². The standard InChI is InChI=1S/C12H21N3/c1-11-9-15-7-3-2-5-12(15)10-14(11)8-4-6-13/h11-12H,2-5,7-10H2,1H3. The van der Waals surface area contributed by atoms with Gasteiger partial charge in [0.25, 0.3) is 0 Å². The summed E-state index contributed by atoms with van der Waals surface area (Å²) in [6.07, 6.45) is 4.80. The van der Waals surface area contributed by atoms with E-state index in [1.807, 2.05) is 0 Å². The first-order chi connectivity index (χ1) is 7.31. The van der Waals surface area contributed by atoms with Gasteiger partial charge in [-0.2, -0.15) is 5.26 Å². The normalized spacial score (nSPS) is 33.3. The molecule has 2 atom stereocenters. The third-order valence-corrected chi connectivity index (χ3v) is 3.83. The first-order valence-corrected chi connectivity index (χ1v) is 6.16. The fourth-order valence-electron chi connectivity index (χ4n) is 2.92. The van der Waals surface area contributed by atoms with E-state index >= 15 is 0 Å². The maximum atomic E-state index is 8.63. The van der Waals surface area contributed by atoms with Crippen LogP contribution in [0, 0.1) is 11.3 Å². The van der Waals surface area contributed by atoms with Crippen LogP contribution in [0.1, 0.15) is 32.6 Å². The number of rotatable bonds is 2. The molecule has 2 saturated heterocycles. The van der Waals surface area contributed by atoms with Gasteiger partial charge in [0, 0.05) is 38.1 Å². The van der Waals surface area contributed by atoms with E-state index in [1.165, 1.54) is 38.9 Å². The molecule has 2 rings (SSSR count). The van der Waals surface area contributed by atoms with Gasteiger partial charge in [0.15, 0.2) is 0 Å². The minimum Gasteiger partial charge on any atom is -0.298 e. The number of nitriles is 1. The third-order valence-electron chi connectivity index (χ3n) is 3.83. The number of fused-ring (bicyclic) bond motifs is 1. The Balaban J connectivity index is 1.90. The summed E-state index contributed by atoms with van der Waals surface area (Å²) in [5.41, 5.74) is 0. The molecule has 2 heterocycles. The van der Waals surface area contributed by atoms with E-state index in [4.69, 9.17) is 5.26 Å². The van der Waals surface area contributed by atoms with E-state index in [0.717, 1.165) is 12.6 Å².